The van der Waals surface area contributed by atoms with Crippen LogP contribution in [0, 0.1) is 0 Å². The molecule has 1 unspecified atom stereocenters. The van der Waals surface area contributed by atoms with E-state index in [0.717, 1.165) is 16.7 Å². The summed E-state index contributed by atoms with van der Waals surface area (Å²) in [5.41, 5.74) is 2.16. The van der Waals surface area contributed by atoms with Gasteiger partial charge in [0.1, 0.15) is 11.7 Å². The highest BCUT2D eigenvalue weighted by atomic mass is 79.9. The molecule has 126 valence electrons. The second-order valence-corrected chi connectivity index (χ2v) is 6.98. The molecule has 5 nitrogen and oxygen atoms in total. The van der Waals surface area contributed by atoms with Gasteiger partial charge in [-0.25, -0.2) is 4.79 Å². The van der Waals surface area contributed by atoms with E-state index in [-0.39, 0.29) is 11.9 Å². The number of carbonyl (C=O) groups excluding carboxylic acids is 2. The number of nitrogens with one attached hydrogen (secondary N) is 1. The Labute approximate surface area is 144 Å². The van der Waals surface area contributed by atoms with Crippen LogP contribution in [0.25, 0.3) is 0 Å². The number of rotatable bonds is 4. The highest BCUT2D eigenvalue weighted by Gasteiger charge is 2.25. The Kier molecular flexibility index (Phi) is 5.81. The molecule has 6 heteroatoms. The van der Waals surface area contributed by atoms with E-state index in [1.165, 1.54) is 0 Å². The number of amides is 1. The van der Waals surface area contributed by atoms with Crippen molar-refractivity contribution in [1.82, 2.24) is 5.32 Å². The van der Waals surface area contributed by atoms with Gasteiger partial charge in [-0.1, -0.05) is 34.1 Å². The van der Waals surface area contributed by atoms with Gasteiger partial charge in [0.05, 0.1) is 18.5 Å². The van der Waals surface area contributed by atoms with Crippen molar-refractivity contribution in [3.63, 3.8) is 0 Å². The summed E-state index contributed by atoms with van der Waals surface area (Å²) in [6, 6.07) is 5.64. The van der Waals surface area contributed by atoms with E-state index >= 15 is 0 Å². The number of Topliss-reactive ketones (excluding diaryl/α,β-unsaturated/α-hetero) is 1. The fraction of sp³-hybridized carbons (Fsp3) is 0.529. The molecule has 1 aromatic rings. The van der Waals surface area contributed by atoms with E-state index < -0.39 is 11.7 Å². The molecular weight excluding hydrogens is 362 g/mol. The van der Waals surface area contributed by atoms with Gasteiger partial charge in [0.2, 0.25) is 0 Å². The molecule has 0 aromatic heterocycles. The Balaban J connectivity index is 2.10. The van der Waals surface area contributed by atoms with Gasteiger partial charge >= 0.3 is 6.09 Å². The summed E-state index contributed by atoms with van der Waals surface area (Å²) in [5.74, 6) is 0.0580. The van der Waals surface area contributed by atoms with Gasteiger partial charge in [-0.15, -0.1) is 0 Å². The van der Waals surface area contributed by atoms with Crippen molar-refractivity contribution in [2.45, 2.75) is 38.9 Å². The second kappa shape index (κ2) is 7.45. The molecule has 1 atom stereocenters. The van der Waals surface area contributed by atoms with Crippen LogP contribution in [-0.2, 0) is 15.9 Å². The first kappa shape index (κ1) is 17.9. The van der Waals surface area contributed by atoms with Crippen LogP contribution in [-0.4, -0.2) is 36.0 Å². The number of hydrogen-bond acceptors (Lipinski definition) is 4. The molecule has 1 aliphatic rings. The lowest BCUT2D eigenvalue weighted by molar-refractivity contribution is 0.0287. The van der Waals surface area contributed by atoms with Crippen LogP contribution in [0.1, 0.15) is 48.4 Å². The molecule has 1 aromatic carbocycles. The van der Waals surface area contributed by atoms with Crippen molar-refractivity contribution < 1.29 is 19.1 Å². The third-order valence-electron chi connectivity index (χ3n) is 3.48. The normalized spacial score (nSPS) is 17.3. The van der Waals surface area contributed by atoms with E-state index in [4.69, 9.17) is 9.47 Å². The Morgan fingerprint density at radius 3 is 2.78 bits per heavy atom. The number of fused-ring (bicyclic) bond motifs is 1. The van der Waals surface area contributed by atoms with Crippen LogP contribution < -0.4 is 5.32 Å². The van der Waals surface area contributed by atoms with E-state index in [1.54, 1.807) is 0 Å². The maximum atomic E-state index is 12.0. The average Bonchev–Trinajstić information content (AvgIpc) is 2.49. The number of alkyl halides is 1. The van der Waals surface area contributed by atoms with Crippen LogP contribution in [0.5, 0.6) is 0 Å². The minimum atomic E-state index is -0.537. The molecule has 2 rings (SSSR count). The summed E-state index contributed by atoms with van der Waals surface area (Å²) in [6.07, 6.45) is -0.0389. The predicted octanol–water partition coefficient (Wildman–Crippen LogP) is 3.40. The molecular formula is C17H22BrNO4. The van der Waals surface area contributed by atoms with Gasteiger partial charge in [0, 0.05) is 5.56 Å². The second-order valence-electron chi connectivity index (χ2n) is 6.42. The fourth-order valence-electron chi connectivity index (χ4n) is 2.57. The first-order valence-electron chi connectivity index (χ1n) is 7.61. The molecule has 1 N–H and O–H groups in total. The molecule has 1 aliphatic heterocycles. The molecule has 0 saturated carbocycles. The van der Waals surface area contributed by atoms with Crippen molar-refractivity contribution in [2.75, 3.05) is 18.5 Å². The zero-order valence-corrected chi connectivity index (χ0v) is 15.2. The Morgan fingerprint density at radius 1 is 1.39 bits per heavy atom. The molecule has 1 amide bonds. The van der Waals surface area contributed by atoms with Gasteiger partial charge in [-0.05, 0) is 38.3 Å². The summed E-state index contributed by atoms with van der Waals surface area (Å²) < 4.78 is 11.0. The summed E-state index contributed by atoms with van der Waals surface area (Å²) in [5, 5.41) is 3.03. The number of carbonyl (C=O) groups is 2. The highest BCUT2D eigenvalue weighted by molar-refractivity contribution is 9.09. The molecule has 0 saturated heterocycles. The van der Waals surface area contributed by atoms with Gasteiger partial charge in [0.15, 0.2) is 5.78 Å². The smallest absolute Gasteiger partial charge is 0.407 e. The highest BCUT2D eigenvalue weighted by Crippen LogP contribution is 2.29. The lowest BCUT2D eigenvalue weighted by Crippen LogP contribution is -2.36. The molecule has 0 spiro atoms. The van der Waals surface area contributed by atoms with Crippen LogP contribution in [0.3, 0.4) is 0 Å². The molecule has 23 heavy (non-hydrogen) atoms. The van der Waals surface area contributed by atoms with Crippen LogP contribution in [0.2, 0.25) is 0 Å². The molecule has 0 radical (unpaired) electrons. The number of hydrogen-bond donors (Lipinski definition) is 1. The first-order valence-corrected chi connectivity index (χ1v) is 8.73. The average molecular weight is 384 g/mol. The van der Waals surface area contributed by atoms with Crippen molar-refractivity contribution >= 4 is 27.8 Å². The Hall–Kier alpha value is -1.40. The third kappa shape index (κ3) is 4.78. The zero-order chi connectivity index (χ0) is 17.0. The predicted molar refractivity (Wildman–Crippen MR) is 91.2 cm³/mol. The Morgan fingerprint density at radius 2 is 2.13 bits per heavy atom. The number of halogens is 1. The monoisotopic (exact) mass is 383 g/mol. The van der Waals surface area contributed by atoms with Gasteiger partial charge in [0.25, 0.3) is 0 Å². The third-order valence-corrected chi connectivity index (χ3v) is 3.99. The summed E-state index contributed by atoms with van der Waals surface area (Å²) in [4.78, 5) is 23.8. The fourth-order valence-corrected chi connectivity index (χ4v) is 2.87. The van der Waals surface area contributed by atoms with Gasteiger partial charge in [-0.3, -0.25) is 4.79 Å². The van der Waals surface area contributed by atoms with Crippen molar-refractivity contribution in [2.24, 2.45) is 0 Å². The topological polar surface area (TPSA) is 64.6 Å². The van der Waals surface area contributed by atoms with Crippen LogP contribution >= 0.6 is 15.9 Å². The van der Waals surface area contributed by atoms with Crippen LogP contribution in [0.15, 0.2) is 18.2 Å². The first-order chi connectivity index (χ1) is 10.8. The maximum absolute atomic E-state index is 12.0. The van der Waals surface area contributed by atoms with Crippen molar-refractivity contribution in [1.29, 1.82) is 0 Å². The van der Waals surface area contributed by atoms with E-state index in [1.807, 2.05) is 39.0 Å². The van der Waals surface area contributed by atoms with E-state index in [2.05, 4.69) is 21.2 Å². The van der Waals surface area contributed by atoms with Gasteiger partial charge in [-0.2, -0.15) is 0 Å². The number of alkyl carbamates (subject to hydrolysis) is 1. The SMILES string of the molecule is CC(C)(C)OC(=O)NCC1OCCc2c(C(=O)CBr)cccc21. The molecule has 0 bridgehead atoms. The van der Waals surface area contributed by atoms with Crippen LogP contribution in [0.4, 0.5) is 4.79 Å². The molecule has 0 fully saturated rings. The minimum absolute atomic E-state index is 0.0580. The lowest BCUT2D eigenvalue weighted by atomic mass is 9.91. The quantitative estimate of drug-likeness (QED) is 0.639. The van der Waals surface area contributed by atoms with Crippen molar-refractivity contribution in [3.05, 3.63) is 34.9 Å². The van der Waals surface area contributed by atoms with Gasteiger partial charge < -0.3 is 14.8 Å². The molecule has 1 heterocycles. The van der Waals surface area contributed by atoms with E-state index in [9.17, 15) is 9.59 Å². The molecule has 0 aliphatic carbocycles. The summed E-state index contributed by atoms with van der Waals surface area (Å²) >= 11 is 3.22. The number of benzene rings is 1. The summed E-state index contributed by atoms with van der Waals surface area (Å²) in [7, 11) is 0. The Bertz CT molecular complexity index is 595. The maximum Gasteiger partial charge on any atom is 0.407 e. The lowest BCUT2D eigenvalue weighted by Gasteiger charge is -2.28. The number of ether oxygens (including phenoxy) is 2. The van der Waals surface area contributed by atoms with Crippen molar-refractivity contribution in [3.8, 4) is 0 Å². The largest absolute Gasteiger partial charge is 0.444 e. The number of ketones is 1. The summed E-state index contributed by atoms with van der Waals surface area (Å²) in [6.45, 7) is 6.29. The van der Waals surface area contributed by atoms with E-state index in [0.29, 0.717) is 24.9 Å². The standard InChI is InChI=1S/C17H22BrNO4/c1-17(2,3)23-16(21)19-10-15-13-6-4-5-12(14(20)9-18)11(13)7-8-22-15/h4-6,15H,7-10H2,1-3H3,(H,19,21). The minimum Gasteiger partial charge on any atom is -0.444 e. The zero-order valence-electron chi connectivity index (χ0n) is 13.6.